The van der Waals surface area contributed by atoms with Crippen LogP contribution in [0.1, 0.15) is 58.7 Å². The third-order valence-corrected chi connectivity index (χ3v) is 6.83. The summed E-state index contributed by atoms with van der Waals surface area (Å²) in [5, 5.41) is 0. The predicted molar refractivity (Wildman–Crippen MR) is 124 cm³/mol. The second-order valence-corrected chi connectivity index (χ2v) is 9.02. The number of imidazole rings is 1. The Hall–Kier alpha value is -2.86. The van der Waals surface area contributed by atoms with Crippen molar-refractivity contribution in [3.8, 4) is 5.75 Å². The lowest BCUT2D eigenvalue weighted by molar-refractivity contribution is -0.0422. The first-order chi connectivity index (χ1) is 15.5. The number of likely N-dealkylation sites (tertiary alicyclic amines) is 1. The molecule has 0 aliphatic carbocycles. The van der Waals surface area contributed by atoms with Gasteiger partial charge in [0.25, 0.3) is 5.91 Å². The molecule has 1 atom stereocenters. The Balaban J connectivity index is 1.52. The first-order valence-electron chi connectivity index (χ1n) is 11.6. The van der Waals surface area contributed by atoms with Gasteiger partial charge >= 0.3 is 0 Å². The molecule has 168 valence electrons. The summed E-state index contributed by atoms with van der Waals surface area (Å²) in [5.41, 5.74) is 5.95. The molecule has 0 spiro atoms. The highest BCUT2D eigenvalue weighted by Crippen LogP contribution is 2.42. The molecule has 3 aromatic rings. The maximum Gasteiger partial charge on any atom is 0.254 e. The smallest absolute Gasteiger partial charge is 0.254 e. The van der Waals surface area contributed by atoms with Crippen molar-refractivity contribution < 1.29 is 14.3 Å². The van der Waals surface area contributed by atoms with E-state index in [-0.39, 0.29) is 18.1 Å². The van der Waals surface area contributed by atoms with Gasteiger partial charge < -0.3 is 18.9 Å². The molecule has 2 aromatic carbocycles. The Morgan fingerprint density at radius 1 is 1.25 bits per heavy atom. The Morgan fingerprint density at radius 3 is 2.78 bits per heavy atom. The summed E-state index contributed by atoms with van der Waals surface area (Å²) in [6, 6.07) is 10.4. The van der Waals surface area contributed by atoms with Gasteiger partial charge in [-0.05, 0) is 50.3 Å². The molecule has 1 fully saturated rings. The van der Waals surface area contributed by atoms with Crippen molar-refractivity contribution in [2.75, 3.05) is 19.7 Å². The van der Waals surface area contributed by atoms with E-state index in [1.54, 1.807) is 0 Å². The van der Waals surface area contributed by atoms with Crippen LogP contribution in [0.4, 0.5) is 0 Å². The Morgan fingerprint density at radius 2 is 2.03 bits per heavy atom. The number of amides is 1. The number of carbonyl (C=O) groups excluding carboxylic acids is 1. The summed E-state index contributed by atoms with van der Waals surface area (Å²) in [5.74, 6) is 1.75. The Labute approximate surface area is 189 Å². The van der Waals surface area contributed by atoms with Crippen molar-refractivity contribution in [2.24, 2.45) is 7.05 Å². The van der Waals surface area contributed by atoms with Crippen LogP contribution in [0.15, 0.2) is 30.3 Å². The highest BCUT2D eigenvalue weighted by molar-refractivity contribution is 6.02. The summed E-state index contributed by atoms with van der Waals surface area (Å²) >= 11 is 0. The van der Waals surface area contributed by atoms with Crippen LogP contribution < -0.4 is 4.74 Å². The van der Waals surface area contributed by atoms with Gasteiger partial charge in [0.15, 0.2) is 5.75 Å². The quantitative estimate of drug-likeness (QED) is 0.594. The monoisotopic (exact) mass is 433 g/mol. The standard InChI is InChI=1S/C26H31N3O3/c1-5-12-31-18-14-29(15-18)26(30)21-13-22-24(27-17(3)28(22)4)25-20(21)10-11-23(32-25)19-9-7-6-8-16(19)2/h6-9,13,18,23H,5,10-12,14-15H2,1-4H3/t23-/m0/s1. The molecule has 6 nitrogen and oxygen atoms in total. The van der Waals surface area contributed by atoms with Crippen molar-refractivity contribution in [1.82, 2.24) is 14.5 Å². The number of ether oxygens (including phenoxy) is 2. The van der Waals surface area contributed by atoms with Crippen LogP contribution in [-0.4, -0.2) is 46.2 Å². The van der Waals surface area contributed by atoms with Gasteiger partial charge in [-0.25, -0.2) is 4.98 Å². The van der Waals surface area contributed by atoms with Crippen molar-refractivity contribution in [2.45, 2.75) is 52.2 Å². The van der Waals surface area contributed by atoms with Crippen LogP contribution >= 0.6 is 0 Å². The summed E-state index contributed by atoms with van der Waals surface area (Å²) in [6.45, 7) is 8.27. The van der Waals surface area contributed by atoms with E-state index < -0.39 is 0 Å². The number of hydrogen-bond acceptors (Lipinski definition) is 4. The summed E-state index contributed by atoms with van der Waals surface area (Å²) < 4.78 is 14.4. The first kappa shape index (κ1) is 21.0. The summed E-state index contributed by atoms with van der Waals surface area (Å²) in [6.07, 6.45) is 2.75. The third-order valence-electron chi connectivity index (χ3n) is 6.83. The molecule has 5 rings (SSSR count). The molecule has 0 radical (unpaired) electrons. The molecule has 3 heterocycles. The van der Waals surface area contributed by atoms with Gasteiger partial charge in [-0.1, -0.05) is 31.2 Å². The molecule has 1 saturated heterocycles. The number of benzene rings is 2. The van der Waals surface area contributed by atoms with Crippen LogP contribution in [0.2, 0.25) is 0 Å². The lowest BCUT2D eigenvalue weighted by Gasteiger charge is -2.39. The van der Waals surface area contributed by atoms with Crippen molar-refractivity contribution in [3.63, 3.8) is 0 Å². The van der Waals surface area contributed by atoms with E-state index in [4.69, 9.17) is 14.5 Å². The van der Waals surface area contributed by atoms with Gasteiger partial charge in [0.05, 0.1) is 11.6 Å². The molecule has 0 saturated carbocycles. The fourth-order valence-corrected chi connectivity index (χ4v) is 4.82. The SMILES string of the molecule is CCCOC1CN(C(=O)c2cc3c(nc(C)n3C)c3c2CC[C@@H](c2ccccc2C)O3)C1. The first-order valence-corrected chi connectivity index (χ1v) is 11.6. The molecule has 1 amide bonds. The zero-order chi connectivity index (χ0) is 22.4. The van der Waals surface area contributed by atoms with Gasteiger partial charge in [0.2, 0.25) is 0 Å². The van der Waals surface area contributed by atoms with Crippen molar-refractivity contribution >= 4 is 16.9 Å². The number of carbonyl (C=O) groups is 1. The maximum absolute atomic E-state index is 13.5. The topological polar surface area (TPSA) is 56.6 Å². The number of hydrogen-bond donors (Lipinski definition) is 0. The zero-order valence-corrected chi connectivity index (χ0v) is 19.4. The van der Waals surface area contributed by atoms with Crippen LogP contribution in [0.3, 0.4) is 0 Å². The van der Waals surface area contributed by atoms with Gasteiger partial charge in [-0.15, -0.1) is 0 Å². The largest absolute Gasteiger partial charge is 0.483 e. The van der Waals surface area contributed by atoms with Crippen LogP contribution in [0.5, 0.6) is 5.75 Å². The minimum atomic E-state index is -0.0320. The van der Waals surface area contributed by atoms with Crippen molar-refractivity contribution in [1.29, 1.82) is 0 Å². The van der Waals surface area contributed by atoms with Gasteiger partial charge in [0, 0.05) is 37.9 Å². The van der Waals surface area contributed by atoms with E-state index in [0.717, 1.165) is 59.6 Å². The van der Waals surface area contributed by atoms with E-state index in [1.165, 1.54) is 11.1 Å². The molecule has 0 N–H and O–H groups in total. The maximum atomic E-state index is 13.5. The molecule has 0 unspecified atom stereocenters. The lowest BCUT2D eigenvalue weighted by Crippen LogP contribution is -2.55. The normalized spacial score (nSPS) is 18.4. The van der Waals surface area contributed by atoms with E-state index >= 15 is 0 Å². The Bertz CT molecular complexity index is 1180. The predicted octanol–water partition coefficient (Wildman–Crippen LogP) is 4.51. The second kappa shape index (κ2) is 8.24. The van der Waals surface area contributed by atoms with Gasteiger partial charge in [0.1, 0.15) is 17.4 Å². The molecule has 1 aromatic heterocycles. The highest BCUT2D eigenvalue weighted by Gasteiger charge is 2.36. The number of aromatic nitrogens is 2. The molecule has 32 heavy (non-hydrogen) atoms. The van der Waals surface area contributed by atoms with E-state index in [1.807, 2.05) is 29.5 Å². The van der Waals surface area contributed by atoms with E-state index in [9.17, 15) is 4.79 Å². The highest BCUT2D eigenvalue weighted by atomic mass is 16.5. The third kappa shape index (κ3) is 3.47. The minimum Gasteiger partial charge on any atom is -0.483 e. The van der Waals surface area contributed by atoms with Crippen LogP contribution in [-0.2, 0) is 18.2 Å². The molecule has 6 heteroatoms. The van der Waals surface area contributed by atoms with E-state index in [0.29, 0.717) is 13.1 Å². The Kier molecular flexibility index (Phi) is 5.41. The van der Waals surface area contributed by atoms with Gasteiger partial charge in [-0.2, -0.15) is 0 Å². The molecular weight excluding hydrogens is 402 g/mol. The van der Waals surface area contributed by atoms with Crippen LogP contribution in [0.25, 0.3) is 11.0 Å². The summed E-state index contributed by atoms with van der Waals surface area (Å²) in [7, 11) is 1.99. The van der Waals surface area contributed by atoms with E-state index in [2.05, 4.69) is 38.1 Å². The minimum absolute atomic E-state index is 0.0320. The fraction of sp³-hybridized carbons (Fsp3) is 0.462. The molecule has 2 aliphatic heterocycles. The molecule has 2 aliphatic rings. The fourth-order valence-electron chi connectivity index (χ4n) is 4.82. The second-order valence-electron chi connectivity index (χ2n) is 9.02. The number of nitrogens with zero attached hydrogens (tertiary/aromatic N) is 3. The summed E-state index contributed by atoms with van der Waals surface area (Å²) in [4.78, 5) is 20.2. The number of aryl methyl sites for hydroxylation is 3. The molecule has 0 bridgehead atoms. The average Bonchev–Trinajstić information content (AvgIpc) is 3.06. The molecular formula is C26H31N3O3. The average molecular weight is 434 g/mol. The lowest BCUT2D eigenvalue weighted by atomic mass is 9.91. The zero-order valence-electron chi connectivity index (χ0n) is 19.4. The van der Waals surface area contributed by atoms with Crippen LogP contribution in [0, 0.1) is 13.8 Å². The van der Waals surface area contributed by atoms with Gasteiger partial charge in [-0.3, -0.25) is 4.79 Å². The number of rotatable bonds is 5. The number of fused-ring (bicyclic) bond motifs is 3. The van der Waals surface area contributed by atoms with Crippen molar-refractivity contribution in [3.05, 3.63) is 58.4 Å².